The zero-order valence-corrected chi connectivity index (χ0v) is 11.3. The SMILES string of the molecule is CC(O)(c1cccc(C#N)c1)c1ccc2c(c1)CCO2. The average molecular weight is 265 g/mol. The minimum atomic E-state index is -1.12. The first kappa shape index (κ1) is 12.7. The molecule has 20 heavy (non-hydrogen) atoms. The van der Waals surface area contributed by atoms with Crippen LogP contribution in [0.4, 0.5) is 0 Å². The van der Waals surface area contributed by atoms with Crippen LogP contribution in [-0.2, 0) is 12.0 Å². The predicted molar refractivity (Wildman–Crippen MR) is 75.5 cm³/mol. The number of nitrogens with zero attached hydrogens (tertiary/aromatic N) is 1. The molecule has 1 aliphatic rings. The fraction of sp³-hybridized carbons (Fsp3) is 0.235. The van der Waals surface area contributed by atoms with Gasteiger partial charge >= 0.3 is 0 Å². The minimum Gasteiger partial charge on any atom is -0.493 e. The van der Waals surface area contributed by atoms with E-state index in [2.05, 4.69) is 6.07 Å². The van der Waals surface area contributed by atoms with Gasteiger partial charge in [0, 0.05) is 6.42 Å². The first-order chi connectivity index (χ1) is 9.61. The number of fused-ring (bicyclic) bond motifs is 1. The third-order valence-corrected chi connectivity index (χ3v) is 3.81. The summed E-state index contributed by atoms with van der Waals surface area (Å²) in [7, 11) is 0. The molecule has 0 saturated heterocycles. The molecule has 1 unspecified atom stereocenters. The lowest BCUT2D eigenvalue weighted by Gasteiger charge is -2.25. The summed E-state index contributed by atoms with van der Waals surface area (Å²) in [6.45, 7) is 2.45. The van der Waals surface area contributed by atoms with Gasteiger partial charge in [-0.3, -0.25) is 0 Å². The first-order valence-electron chi connectivity index (χ1n) is 6.60. The predicted octanol–water partition coefficient (Wildman–Crippen LogP) is 2.75. The second-order valence-electron chi connectivity index (χ2n) is 5.19. The Kier molecular flexibility index (Phi) is 2.96. The molecular weight excluding hydrogens is 250 g/mol. The van der Waals surface area contributed by atoms with E-state index in [4.69, 9.17) is 10.00 Å². The van der Waals surface area contributed by atoms with Crippen molar-refractivity contribution in [2.45, 2.75) is 18.9 Å². The van der Waals surface area contributed by atoms with Crippen molar-refractivity contribution in [1.29, 1.82) is 5.26 Å². The van der Waals surface area contributed by atoms with Crippen molar-refractivity contribution in [2.75, 3.05) is 6.61 Å². The van der Waals surface area contributed by atoms with E-state index in [-0.39, 0.29) is 0 Å². The van der Waals surface area contributed by atoms with Gasteiger partial charge in [0.15, 0.2) is 0 Å². The maximum atomic E-state index is 10.9. The van der Waals surface area contributed by atoms with Gasteiger partial charge in [-0.05, 0) is 47.9 Å². The van der Waals surface area contributed by atoms with Gasteiger partial charge in [-0.15, -0.1) is 0 Å². The molecule has 1 heterocycles. The van der Waals surface area contributed by atoms with Crippen molar-refractivity contribution in [3.63, 3.8) is 0 Å². The fourth-order valence-corrected chi connectivity index (χ4v) is 2.55. The standard InChI is InChI=1S/C17H15NO2/c1-17(19,14-4-2-3-12(9-14)11-18)15-5-6-16-13(10-15)7-8-20-16/h2-6,9-10,19H,7-8H2,1H3. The Labute approximate surface area is 118 Å². The van der Waals surface area contributed by atoms with Gasteiger partial charge in [0.25, 0.3) is 0 Å². The number of benzene rings is 2. The smallest absolute Gasteiger partial charge is 0.122 e. The van der Waals surface area contributed by atoms with Crippen molar-refractivity contribution < 1.29 is 9.84 Å². The monoisotopic (exact) mass is 265 g/mol. The second kappa shape index (κ2) is 4.66. The van der Waals surface area contributed by atoms with E-state index in [0.29, 0.717) is 12.2 Å². The molecule has 3 rings (SSSR count). The molecule has 3 nitrogen and oxygen atoms in total. The van der Waals surface area contributed by atoms with E-state index >= 15 is 0 Å². The highest BCUT2D eigenvalue weighted by molar-refractivity contribution is 5.46. The molecule has 1 atom stereocenters. The Hall–Kier alpha value is -2.31. The molecule has 100 valence electrons. The molecule has 0 aliphatic carbocycles. The summed E-state index contributed by atoms with van der Waals surface area (Å²) in [5, 5.41) is 19.8. The molecule has 2 aromatic rings. The third kappa shape index (κ3) is 2.04. The van der Waals surface area contributed by atoms with E-state index in [1.807, 2.05) is 24.3 Å². The van der Waals surface area contributed by atoms with Crippen LogP contribution in [-0.4, -0.2) is 11.7 Å². The number of hydrogen-bond acceptors (Lipinski definition) is 3. The molecule has 0 fully saturated rings. The second-order valence-corrected chi connectivity index (χ2v) is 5.19. The number of rotatable bonds is 2. The normalized spacial score (nSPS) is 15.8. The van der Waals surface area contributed by atoms with Crippen LogP contribution in [0.25, 0.3) is 0 Å². The summed E-state index contributed by atoms with van der Waals surface area (Å²) in [6, 6.07) is 15.0. The largest absolute Gasteiger partial charge is 0.493 e. The van der Waals surface area contributed by atoms with Crippen molar-refractivity contribution in [3.8, 4) is 11.8 Å². The average Bonchev–Trinajstić information content (AvgIpc) is 2.94. The summed E-state index contributed by atoms with van der Waals surface area (Å²) in [5.74, 6) is 0.898. The highest BCUT2D eigenvalue weighted by Gasteiger charge is 2.27. The summed E-state index contributed by atoms with van der Waals surface area (Å²) in [6.07, 6.45) is 0.873. The van der Waals surface area contributed by atoms with Crippen LogP contribution in [0.3, 0.4) is 0 Å². The molecule has 0 radical (unpaired) electrons. The number of ether oxygens (including phenoxy) is 1. The van der Waals surface area contributed by atoms with Crippen molar-refractivity contribution >= 4 is 0 Å². The lowest BCUT2D eigenvalue weighted by molar-refractivity contribution is 0.102. The Morgan fingerprint density at radius 3 is 2.80 bits per heavy atom. The summed E-state index contributed by atoms with van der Waals surface area (Å²) < 4.78 is 5.48. The molecule has 0 bridgehead atoms. The molecule has 1 N–H and O–H groups in total. The van der Waals surface area contributed by atoms with Crippen LogP contribution in [0.5, 0.6) is 5.75 Å². The number of aliphatic hydroxyl groups is 1. The van der Waals surface area contributed by atoms with E-state index in [0.717, 1.165) is 28.9 Å². The topological polar surface area (TPSA) is 53.2 Å². The van der Waals surface area contributed by atoms with E-state index in [9.17, 15) is 5.11 Å². The fourth-order valence-electron chi connectivity index (χ4n) is 2.55. The van der Waals surface area contributed by atoms with Crippen LogP contribution in [0.1, 0.15) is 29.2 Å². The Bertz CT molecular complexity index is 698. The quantitative estimate of drug-likeness (QED) is 0.908. The molecule has 1 aliphatic heterocycles. The van der Waals surface area contributed by atoms with E-state index in [1.165, 1.54) is 0 Å². The van der Waals surface area contributed by atoms with Crippen molar-refractivity contribution in [1.82, 2.24) is 0 Å². The highest BCUT2D eigenvalue weighted by Crippen LogP contribution is 2.34. The number of hydrogen-bond donors (Lipinski definition) is 1. The van der Waals surface area contributed by atoms with E-state index < -0.39 is 5.60 Å². The third-order valence-electron chi connectivity index (χ3n) is 3.81. The maximum Gasteiger partial charge on any atom is 0.122 e. The molecule has 0 spiro atoms. The van der Waals surface area contributed by atoms with Crippen LogP contribution >= 0.6 is 0 Å². The Morgan fingerprint density at radius 2 is 2.00 bits per heavy atom. The Balaban J connectivity index is 2.05. The van der Waals surface area contributed by atoms with Crippen LogP contribution in [0.2, 0.25) is 0 Å². The summed E-state index contributed by atoms with van der Waals surface area (Å²) in [5.41, 5.74) is 2.09. The lowest BCUT2D eigenvalue weighted by atomic mass is 9.86. The summed E-state index contributed by atoms with van der Waals surface area (Å²) >= 11 is 0. The zero-order chi connectivity index (χ0) is 14.2. The molecule has 2 aromatic carbocycles. The van der Waals surface area contributed by atoms with Crippen molar-refractivity contribution in [2.24, 2.45) is 0 Å². The van der Waals surface area contributed by atoms with Gasteiger partial charge < -0.3 is 9.84 Å². The molecule has 0 aromatic heterocycles. The minimum absolute atomic E-state index is 0.548. The van der Waals surface area contributed by atoms with Crippen LogP contribution < -0.4 is 4.74 Å². The molecule has 0 saturated carbocycles. The van der Waals surface area contributed by atoms with Gasteiger partial charge in [-0.2, -0.15) is 5.26 Å². The van der Waals surface area contributed by atoms with Gasteiger partial charge in [-0.25, -0.2) is 0 Å². The van der Waals surface area contributed by atoms with Gasteiger partial charge in [0.05, 0.1) is 18.2 Å². The molecule has 0 amide bonds. The molecule has 3 heteroatoms. The van der Waals surface area contributed by atoms with Crippen molar-refractivity contribution in [3.05, 3.63) is 64.7 Å². The summed E-state index contributed by atoms with van der Waals surface area (Å²) in [4.78, 5) is 0. The van der Waals surface area contributed by atoms with Crippen LogP contribution in [0, 0.1) is 11.3 Å². The van der Waals surface area contributed by atoms with E-state index in [1.54, 1.807) is 25.1 Å². The van der Waals surface area contributed by atoms with Crippen LogP contribution in [0.15, 0.2) is 42.5 Å². The first-order valence-corrected chi connectivity index (χ1v) is 6.60. The lowest BCUT2D eigenvalue weighted by Crippen LogP contribution is -2.23. The van der Waals surface area contributed by atoms with Gasteiger partial charge in [0.2, 0.25) is 0 Å². The zero-order valence-electron chi connectivity index (χ0n) is 11.3. The van der Waals surface area contributed by atoms with Gasteiger partial charge in [0.1, 0.15) is 11.4 Å². The van der Waals surface area contributed by atoms with Gasteiger partial charge in [-0.1, -0.05) is 18.2 Å². The highest BCUT2D eigenvalue weighted by atomic mass is 16.5. The molecular formula is C17H15NO2. The maximum absolute atomic E-state index is 10.9. The number of nitriles is 1. The Morgan fingerprint density at radius 1 is 1.20 bits per heavy atom.